The van der Waals surface area contributed by atoms with Crippen molar-refractivity contribution in [2.75, 3.05) is 13.1 Å². The van der Waals surface area contributed by atoms with Gasteiger partial charge in [-0.1, -0.05) is 20.8 Å². The Kier molecular flexibility index (Phi) is 5.30. The summed E-state index contributed by atoms with van der Waals surface area (Å²) in [4.78, 5) is 1.47. The van der Waals surface area contributed by atoms with Crippen molar-refractivity contribution >= 4 is 27.3 Å². The maximum absolute atomic E-state index is 3.61. The van der Waals surface area contributed by atoms with Crippen molar-refractivity contribution in [1.82, 2.24) is 5.32 Å². The Morgan fingerprint density at radius 1 is 1.47 bits per heavy atom. The second kappa shape index (κ2) is 6.02. The fourth-order valence-electron chi connectivity index (χ4n) is 1.58. The predicted molar refractivity (Wildman–Crippen MR) is 72.7 cm³/mol. The molecule has 0 spiro atoms. The van der Waals surface area contributed by atoms with Crippen molar-refractivity contribution in [1.29, 1.82) is 0 Å². The van der Waals surface area contributed by atoms with E-state index in [1.165, 1.54) is 15.8 Å². The molecule has 0 aromatic carbocycles. The number of hydrogen-bond donors (Lipinski definition) is 1. The van der Waals surface area contributed by atoms with Crippen LogP contribution in [0.1, 0.15) is 32.1 Å². The van der Waals surface area contributed by atoms with E-state index in [0.29, 0.717) is 5.41 Å². The molecule has 0 fully saturated rings. The Morgan fingerprint density at radius 3 is 2.67 bits per heavy atom. The molecule has 0 aliphatic heterocycles. The largest absolute Gasteiger partial charge is 0.316 e. The topological polar surface area (TPSA) is 12.0 Å². The van der Waals surface area contributed by atoms with Crippen LogP contribution < -0.4 is 5.32 Å². The Morgan fingerprint density at radius 2 is 2.20 bits per heavy atom. The third kappa shape index (κ3) is 3.89. The minimum atomic E-state index is 0.378. The molecule has 0 amide bonds. The van der Waals surface area contributed by atoms with E-state index in [0.717, 1.165) is 19.5 Å². The van der Waals surface area contributed by atoms with E-state index in [9.17, 15) is 0 Å². The molecule has 1 aromatic rings. The average Bonchev–Trinajstić information content (AvgIpc) is 2.61. The Balaban J connectivity index is 2.63. The van der Waals surface area contributed by atoms with Gasteiger partial charge in [0.15, 0.2) is 0 Å². The molecule has 0 aliphatic carbocycles. The number of thiophene rings is 1. The summed E-state index contributed by atoms with van der Waals surface area (Å²) >= 11 is 5.46. The molecule has 1 aromatic heterocycles. The van der Waals surface area contributed by atoms with Gasteiger partial charge < -0.3 is 5.32 Å². The van der Waals surface area contributed by atoms with E-state index < -0.39 is 0 Å². The van der Waals surface area contributed by atoms with E-state index in [2.05, 4.69) is 53.5 Å². The molecule has 1 rings (SSSR count). The molecule has 86 valence electrons. The predicted octanol–water partition coefficient (Wildman–Crippen LogP) is 4.08. The first kappa shape index (κ1) is 13.2. The summed E-state index contributed by atoms with van der Waals surface area (Å²) in [5.41, 5.74) is 0.378. The smallest absolute Gasteiger partial charge is 0.0314 e. The second-order valence-electron chi connectivity index (χ2n) is 4.31. The minimum absolute atomic E-state index is 0.378. The molecule has 1 atom stereocenters. The van der Waals surface area contributed by atoms with Gasteiger partial charge in [0.25, 0.3) is 0 Å². The van der Waals surface area contributed by atoms with Gasteiger partial charge in [-0.05, 0) is 52.2 Å². The highest BCUT2D eigenvalue weighted by Gasteiger charge is 2.23. The zero-order valence-electron chi connectivity index (χ0n) is 9.77. The molecule has 0 aliphatic rings. The van der Waals surface area contributed by atoms with Gasteiger partial charge in [0, 0.05) is 15.9 Å². The van der Waals surface area contributed by atoms with Crippen molar-refractivity contribution in [3.05, 3.63) is 20.8 Å². The summed E-state index contributed by atoms with van der Waals surface area (Å²) in [6.07, 6.45) is 2.37. The van der Waals surface area contributed by atoms with Crippen molar-refractivity contribution in [3.63, 3.8) is 0 Å². The van der Waals surface area contributed by atoms with Gasteiger partial charge in [-0.15, -0.1) is 11.3 Å². The first-order chi connectivity index (χ1) is 7.11. The average molecular weight is 290 g/mol. The lowest BCUT2D eigenvalue weighted by Gasteiger charge is -2.28. The fourth-order valence-corrected chi connectivity index (χ4v) is 3.29. The van der Waals surface area contributed by atoms with Gasteiger partial charge in [-0.3, -0.25) is 0 Å². The van der Waals surface area contributed by atoms with Crippen LogP contribution in [0.15, 0.2) is 15.9 Å². The fraction of sp³-hybridized carbons (Fsp3) is 0.667. The number of halogens is 1. The lowest BCUT2D eigenvalue weighted by molar-refractivity contribution is 0.294. The van der Waals surface area contributed by atoms with Gasteiger partial charge in [0.2, 0.25) is 0 Å². The van der Waals surface area contributed by atoms with Crippen molar-refractivity contribution in [2.45, 2.75) is 33.6 Å². The molecule has 1 nitrogen and oxygen atoms in total. The van der Waals surface area contributed by atoms with Crippen LogP contribution in [0.3, 0.4) is 0 Å². The molecule has 0 saturated heterocycles. The first-order valence-corrected chi connectivity index (χ1v) is 7.21. The standard InChI is InChI=1S/C12H20BrNS/c1-4-12(3,9-14-5-2)8-11-10(13)6-7-15-11/h6-7,14H,4-5,8-9H2,1-3H3. The highest BCUT2D eigenvalue weighted by molar-refractivity contribution is 9.10. The highest BCUT2D eigenvalue weighted by atomic mass is 79.9. The lowest BCUT2D eigenvalue weighted by Crippen LogP contribution is -2.33. The number of rotatable bonds is 6. The molecular weight excluding hydrogens is 270 g/mol. The normalized spacial score (nSPS) is 15.2. The van der Waals surface area contributed by atoms with Gasteiger partial charge in [0.05, 0.1) is 0 Å². The Labute approximate surface area is 105 Å². The third-order valence-electron chi connectivity index (χ3n) is 2.93. The molecule has 3 heteroatoms. The quantitative estimate of drug-likeness (QED) is 0.832. The van der Waals surface area contributed by atoms with E-state index in [4.69, 9.17) is 0 Å². The third-order valence-corrected chi connectivity index (χ3v) is 4.86. The molecule has 1 N–H and O–H groups in total. The zero-order valence-corrected chi connectivity index (χ0v) is 12.2. The molecule has 0 bridgehead atoms. The van der Waals surface area contributed by atoms with Gasteiger partial charge in [-0.2, -0.15) is 0 Å². The minimum Gasteiger partial charge on any atom is -0.316 e. The molecular formula is C12H20BrNS. The monoisotopic (exact) mass is 289 g/mol. The van der Waals surface area contributed by atoms with Crippen LogP contribution in [0, 0.1) is 5.41 Å². The summed E-state index contributed by atoms with van der Waals surface area (Å²) in [5, 5.41) is 5.62. The number of hydrogen-bond acceptors (Lipinski definition) is 2. The lowest BCUT2D eigenvalue weighted by atomic mass is 9.83. The van der Waals surface area contributed by atoms with Crippen molar-refractivity contribution < 1.29 is 0 Å². The van der Waals surface area contributed by atoms with E-state index in [-0.39, 0.29) is 0 Å². The molecule has 15 heavy (non-hydrogen) atoms. The van der Waals surface area contributed by atoms with Crippen LogP contribution in [-0.4, -0.2) is 13.1 Å². The van der Waals surface area contributed by atoms with Crippen molar-refractivity contribution in [2.24, 2.45) is 5.41 Å². The van der Waals surface area contributed by atoms with Crippen LogP contribution in [0.4, 0.5) is 0 Å². The van der Waals surface area contributed by atoms with E-state index in [1.54, 1.807) is 0 Å². The summed E-state index contributed by atoms with van der Waals surface area (Å²) in [5.74, 6) is 0. The Hall–Kier alpha value is 0.140. The van der Waals surface area contributed by atoms with E-state index >= 15 is 0 Å². The zero-order chi connectivity index (χ0) is 11.3. The van der Waals surface area contributed by atoms with Gasteiger partial charge in [0.1, 0.15) is 0 Å². The van der Waals surface area contributed by atoms with Crippen LogP contribution in [0.25, 0.3) is 0 Å². The summed E-state index contributed by atoms with van der Waals surface area (Å²) in [6, 6.07) is 2.14. The SMILES string of the molecule is CCNCC(C)(CC)Cc1sccc1Br. The summed E-state index contributed by atoms with van der Waals surface area (Å²) < 4.78 is 1.27. The van der Waals surface area contributed by atoms with Crippen molar-refractivity contribution in [3.8, 4) is 0 Å². The van der Waals surface area contributed by atoms with Gasteiger partial charge >= 0.3 is 0 Å². The van der Waals surface area contributed by atoms with Crippen LogP contribution in [0.5, 0.6) is 0 Å². The second-order valence-corrected chi connectivity index (χ2v) is 6.17. The van der Waals surface area contributed by atoms with Crippen LogP contribution in [-0.2, 0) is 6.42 Å². The summed E-state index contributed by atoms with van der Waals surface area (Å²) in [6.45, 7) is 8.96. The molecule has 0 radical (unpaired) electrons. The molecule has 1 heterocycles. The Bertz CT molecular complexity index is 298. The van der Waals surface area contributed by atoms with E-state index in [1.807, 2.05) is 11.3 Å². The number of nitrogens with one attached hydrogen (secondary N) is 1. The van der Waals surface area contributed by atoms with Crippen LogP contribution in [0.2, 0.25) is 0 Å². The highest BCUT2D eigenvalue weighted by Crippen LogP contribution is 2.32. The first-order valence-electron chi connectivity index (χ1n) is 5.54. The molecule has 0 saturated carbocycles. The maximum atomic E-state index is 3.61. The summed E-state index contributed by atoms with van der Waals surface area (Å²) in [7, 11) is 0. The maximum Gasteiger partial charge on any atom is 0.0314 e. The van der Waals surface area contributed by atoms with Crippen LogP contribution >= 0.6 is 27.3 Å². The molecule has 1 unspecified atom stereocenters. The van der Waals surface area contributed by atoms with Gasteiger partial charge in [-0.25, -0.2) is 0 Å².